The molecule has 0 saturated carbocycles. The van der Waals surface area contributed by atoms with Gasteiger partial charge in [-0.1, -0.05) is 18.2 Å². The fourth-order valence-electron chi connectivity index (χ4n) is 1.89. The number of ether oxygens (including phenoxy) is 1. The summed E-state index contributed by atoms with van der Waals surface area (Å²) in [7, 11) is 0. The van der Waals surface area contributed by atoms with Gasteiger partial charge in [0.25, 0.3) is 0 Å². The summed E-state index contributed by atoms with van der Waals surface area (Å²) in [6, 6.07) is 9.68. The minimum atomic E-state index is -0.398. The van der Waals surface area contributed by atoms with E-state index in [0.29, 0.717) is 12.6 Å². The molecule has 5 heteroatoms. The van der Waals surface area contributed by atoms with Gasteiger partial charge in [0.15, 0.2) is 0 Å². The van der Waals surface area contributed by atoms with Crippen LogP contribution in [0.1, 0.15) is 6.42 Å². The van der Waals surface area contributed by atoms with E-state index in [1.807, 2.05) is 30.3 Å². The van der Waals surface area contributed by atoms with Crippen molar-refractivity contribution in [1.82, 2.24) is 10.6 Å². The van der Waals surface area contributed by atoms with Crippen LogP contribution in [0.5, 0.6) is 0 Å². The van der Waals surface area contributed by atoms with Crippen molar-refractivity contribution in [3.05, 3.63) is 30.3 Å². The molecule has 18 heavy (non-hydrogen) atoms. The lowest BCUT2D eigenvalue weighted by atomic mass is 10.2. The van der Waals surface area contributed by atoms with Crippen molar-refractivity contribution in [2.75, 3.05) is 31.6 Å². The van der Waals surface area contributed by atoms with Crippen LogP contribution >= 0.6 is 0 Å². The van der Waals surface area contributed by atoms with E-state index in [-0.39, 0.29) is 0 Å². The van der Waals surface area contributed by atoms with Crippen molar-refractivity contribution in [2.45, 2.75) is 12.5 Å². The smallest absolute Gasteiger partial charge is 0.411 e. The Balaban J connectivity index is 1.62. The molecule has 3 N–H and O–H groups in total. The number of para-hydroxylation sites is 1. The number of rotatable bonds is 4. The van der Waals surface area contributed by atoms with Crippen LogP contribution in [0.25, 0.3) is 0 Å². The Morgan fingerprint density at radius 2 is 2.17 bits per heavy atom. The number of piperazine rings is 1. The lowest BCUT2D eigenvalue weighted by Gasteiger charge is -2.24. The highest BCUT2D eigenvalue weighted by Crippen LogP contribution is 2.05. The van der Waals surface area contributed by atoms with E-state index in [1.54, 1.807) is 0 Å². The number of nitrogens with one attached hydrogen (secondary N) is 3. The predicted molar refractivity (Wildman–Crippen MR) is 70.7 cm³/mol. The number of hydrogen-bond acceptors (Lipinski definition) is 4. The van der Waals surface area contributed by atoms with Crippen molar-refractivity contribution in [2.24, 2.45) is 0 Å². The Labute approximate surface area is 107 Å². The number of hydrogen-bond donors (Lipinski definition) is 3. The van der Waals surface area contributed by atoms with Crippen LogP contribution in [0.2, 0.25) is 0 Å². The molecule has 1 aromatic carbocycles. The maximum Gasteiger partial charge on any atom is 0.411 e. The average molecular weight is 249 g/mol. The molecule has 5 nitrogen and oxygen atoms in total. The highest BCUT2D eigenvalue weighted by Gasteiger charge is 2.12. The van der Waals surface area contributed by atoms with E-state index in [4.69, 9.17) is 4.74 Å². The molecule has 1 atom stereocenters. The van der Waals surface area contributed by atoms with Crippen molar-refractivity contribution >= 4 is 11.8 Å². The fraction of sp³-hybridized carbons (Fsp3) is 0.462. The van der Waals surface area contributed by atoms with Gasteiger partial charge in [-0.25, -0.2) is 4.79 Å². The Morgan fingerprint density at radius 3 is 2.89 bits per heavy atom. The summed E-state index contributed by atoms with van der Waals surface area (Å²) in [5.41, 5.74) is 0.750. The summed E-state index contributed by atoms with van der Waals surface area (Å²) < 4.78 is 5.13. The molecule has 1 fully saturated rings. The first-order valence-electron chi connectivity index (χ1n) is 6.27. The second kappa shape index (κ2) is 6.98. The van der Waals surface area contributed by atoms with E-state index < -0.39 is 6.09 Å². The van der Waals surface area contributed by atoms with Gasteiger partial charge in [0, 0.05) is 31.4 Å². The van der Waals surface area contributed by atoms with Gasteiger partial charge in [-0.2, -0.15) is 0 Å². The highest BCUT2D eigenvalue weighted by molar-refractivity contribution is 5.84. The van der Waals surface area contributed by atoms with Crippen molar-refractivity contribution in [1.29, 1.82) is 0 Å². The summed E-state index contributed by atoms with van der Waals surface area (Å²) in [6.07, 6.45) is 0.430. The topological polar surface area (TPSA) is 62.4 Å². The molecule has 2 rings (SSSR count). The van der Waals surface area contributed by atoms with E-state index in [2.05, 4.69) is 16.0 Å². The van der Waals surface area contributed by atoms with Gasteiger partial charge in [-0.3, -0.25) is 5.32 Å². The van der Waals surface area contributed by atoms with Crippen molar-refractivity contribution < 1.29 is 9.53 Å². The molecule has 1 heterocycles. The van der Waals surface area contributed by atoms with Crippen LogP contribution in [-0.2, 0) is 4.74 Å². The Kier molecular flexibility index (Phi) is 4.99. The molecule has 98 valence electrons. The number of benzene rings is 1. The molecule has 1 saturated heterocycles. The Bertz CT molecular complexity index is 364. The van der Waals surface area contributed by atoms with Gasteiger partial charge in [-0.05, 0) is 18.6 Å². The van der Waals surface area contributed by atoms with Crippen LogP contribution < -0.4 is 16.0 Å². The minimum Gasteiger partial charge on any atom is -0.449 e. The van der Waals surface area contributed by atoms with Crippen LogP contribution in [0.3, 0.4) is 0 Å². The molecule has 1 aliphatic heterocycles. The lowest BCUT2D eigenvalue weighted by Crippen LogP contribution is -2.48. The van der Waals surface area contributed by atoms with Gasteiger partial charge in [-0.15, -0.1) is 0 Å². The summed E-state index contributed by atoms with van der Waals surface area (Å²) in [5, 5.41) is 9.34. The summed E-state index contributed by atoms with van der Waals surface area (Å²) in [4.78, 5) is 11.5. The van der Waals surface area contributed by atoms with Crippen molar-refractivity contribution in [3.63, 3.8) is 0 Å². The molecular formula is C13H19N3O2. The Morgan fingerprint density at radius 1 is 1.33 bits per heavy atom. The monoisotopic (exact) mass is 249 g/mol. The molecule has 0 spiro atoms. The standard InChI is InChI=1S/C13H19N3O2/c17-13(16-11-4-2-1-3-5-11)18-9-6-12-10-14-7-8-15-12/h1-5,12,14-15H,6-10H2,(H,16,17). The second-order valence-electron chi connectivity index (χ2n) is 4.27. The second-order valence-corrected chi connectivity index (χ2v) is 4.27. The highest BCUT2D eigenvalue weighted by atomic mass is 16.5. The predicted octanol–water partition coefficient (Wildman–Crippen LogP) is 1.19. The fourth-order valence-corrected chi connectivity index (χ4v) is 1.89. The third-order valence-corrected chi connectivity index (χ3v) is 2.85. The summed E-state index contributed by atoms with van der Waals surface area (Å²) >= 11 is 0. The molecule has 0 aliphatic carbocycles. The zero-order valence-corrected chi connectivity index (χ0v) is 10.3. The normalized spacial score (nSPS) is 19.2. The maximum absolute atomic E-state index is 11.5. The quantitative estimate of drug-likeness (QED) is 0.750. The van der Waals surface area contributed by atoms with Crippen LogP contribution in [-0.4, -0.2) is 38.4 Å². The largest absolute Gasteiger partial charge is 0.449 e. The SMILES string of the molecule is O=C(Nc1ccccc1)OCCC1CNCCN1. The number of carbonyl (C=O) groups is 1. The first-order valence-corrected chi connectivity index (χ1v) is 6.27. The molecule has 0 aromatic heterocycles. The van der Waals surface area contributed by atoms with Crippen LogP contribution in [0, 0.1) is 0 Å². The lowest BCUT2D eigenvalue weighted by molar-refractivity contribution is 0.154. The molecule has 1 aliphatic rings. The number of carbonyl (C=O) groups excluding carboxylic acids is 1. The van der Waals surface area contributed by atoms with Gasteiger partial charge in [0.05, 0.1) is 6.61 Å². The third-order valence-electron chi connectivity index (χ3n) is 2.85. The van der Waals surface area contributed by atoms with Gasteiger partial charge >= 0.3 is 6.09 Å². The van der Waals surface area contributed by atoms with Crippen molar-refractivity contribution in [3.8, 4) is 0 Å². The summed E-state index contributed by atoms with van der Waals surface area (Å²) in [5.74, 6) is 0. The zero-order chi connectivity index (χ0) is 12.6. The first-order chi connectivity index (χ1) is 8.84. The zero-order valence-electron chi connectivity index (χ0n) is 10.3. The maximum atomic E-state index is 11.5. The summed E-state index contributed by atoms with van der Waals surface area (Å²) in [6.45, 7) is 3.34. The number of amides is 1. The van der Waals surface area contributed by atoms with E-state index in [0.717, 1.165) is 31.7 Å². The van der Waals surface area contributed by atoms with Gasteiger partial charge in [0.2, 0.25) is 0 Å². The minimum absolute atomic E-state index is 0.392. The van der Waals surface area contributed by atoms with E-state index in [1.165, 1.54) is 0 Å². The molecule has 1 aromatic rings. The van der Waals surface area contributed by atoms with Gasteiger partial charge < -0.3 is 15.4 Å². The first kappa shape index (κ1) is 12.9. The average Bonchev–Trinajstić information content (AvgIpc) is 2.41. The molecule has 1 amide bonds. The molecular weight excluding hydrogens is 230 g/mol. The third kappa shape index (κ3) is 4.35. The van der Waals surface area contributed by atoms with Crippen LogP contribution in [0.4, 0.5) is 10.5 Å². The van der Waals surface area contributed by atoms with E-state index in [9.17, 15) is 4.79 Å². The van der Waals surface area contributed by atoms with Gasteiger partial charge in [0.1, 0.15) is 0 Å². The molecule has 1 unspecified atom stereocenters. The number of anilines is 1. The van der Waals surface area contributed by atoms with E-state index >= 15 is 0 Å². The van der Waals surface area contributed by atoms with Crippen LogP contribution in [0.15, 0.2) is 30.3 Å². The molecule has 0 radical (unpaired) electrons. The molecule has 0 bridgehead atoms. The Hall–Kier alpha value is -1.59.